The number of hydrogen-bond acceptors (Lipinski definition) is 7. The fourth-order valence-electron chi connectivity index (χ4n) is 3.94. The lowest BCUT2D eigenvalue weighted by Gasteiger charge is -2.13. The molecule has 1 aromatic carbocycles. The summed E-state index contributed by atoms with van der Waals surface area (Å²) in [6.07, 6.45) is 1.81. The molecule has 0 aliphatic heterocycles. The van der Waals surface area contributed by atoms with Gasteiger partial charge in [-0.1, -0.05) is 30.3 Å². The summed E-state index contributed by atoms with van der Waals surface area (Å²) in [5.41, 5.74) is 10.9. The lowest BCUT2D eigenvalue weighted by molar-refractivity contribution is 0.276. The second-order valence-corrected chi connectivity index (χ2v) is 7.79. The van der Waals surface area contributed by atoms with E-state index in [2.05, 4.69) is 20.2 Å². The van der Waals surface area contributed by atoms with Crippen LogP contribution in [-0.4, -0.2) is 39.0 Å². The van der Waals surface area contributed by atoms with Crippen molar-refractivity contribution in [1.82, 2.24) is 33.9 Å². The van der Waals surface area contributed by atoms with Crippen LogP contribution in [0.3, 0.4) is 0 Å². The number of aromatic nitrogens is 7. The van der Waals surface area contributed by atoms with Crippen molar-refractivity contribution in [2.75, 3.05) is 5.73 Å². The Hall–Kier alpha value is -4.31. The SMILES string of the molecule is Cc1cc(-c2c(-c3ccccc3)nc(N)n3c(=O)n(Cc4ccn(C)n4)nc23)cc(CO)n1. The Balaban J connectivity index is 1.83. The van der Waals surface area contributed by atoms with Crippen LogP contribution in [0.4, 0.5) is 5.95 Å². The zero-order valence-electron chi connectivity index (χ0n) is 18.2. The number of hydrogen-bond donors (Lipinski definition) is 2. The molecule has 0 saturated heterocycles. The second-order valence-electron chi connectivity index (χ2n) is 7.79. The third-order valence-corrected chi connectivity index (χ3v) is 5.34. The number of nitrogens with two attached hydrogens (primary N) is 1. The maximum Gasteiger partial charge on any atom is 0.353 e. The highest BCUT2D eigenvalue weighted by Gasteiger charge is 2.22. The Morgan fingerprint density at radius 2 is 1.79 bits per heavy atom. The number of pyridine rings is 1. The summed E-state index contributed by atoms with van der Waals surface area (Å²) >= 11 is 0. The molecule has 5 rings (SSSR count). The molecule has 4 heterocycles. The smallest absolute Gasteiger partial charge is 0.353 e. The van der Waals surface area contributed by atoms with E-state index in [1.807, 2.05) is 56.4 Å². The first-order chi connectivity index (χ1) is 15.9. The summed E-state index contributed by atoms with van der Waals surface area (Å²) < 4.78 is 4.30. The van der Waals surface area contributed by atoms with Crippen molar-refractivity contribution < 1.29 is 5.11 Å². The first kappa shape index (κ1) is 20.6. The summed E-state index contributed by atoms with van der Waals surface area (Å²) in [5, 5.41) is 18.7. The molecule has 0 aliphatic rings. The van der Waals surface area contributed by atoms with Crippen molar-refractivity contribution in [3.05, 3.63) is 82.3 Å². The molecule has 166 valence electrons. The van der Waals surface area contributed by atoms with Gasteiger partial charge in [-0.25, -0.2) is 18.9 Å². The van der Waals surface area contributed by atoms with Crippen molar-refractivity contribution in [2.24, 2.45) is 7.05 Å². The summed E-state index contributed by atoms with van der Waals surface area (Å²) in [7, 11) is 1.81. The fraction of sp³-hybridized carbons (Fsp3) is 0.174. The van der Waals surface area contributed by atoms with Crippen LogP contribution >= 0.6 is 0 Å². The number of aryl methyl sites for hydroxylation is 2. The van der Waals surface area contributed by atoms with Crippen LogP contribution in [-0.2, 0) is 20.2 Å². The van der Waals surface area contributed by atoms with Gasteiger partial charge in [0.1, 0.15) is 0 Å². The standard InChI is InChI=1S/C23H22N8O2/c1-14-10-16(11-18(13-32)25-14)19-20(15-6-4-3-5-7-15)26-22(24)31-21(19)28-30(23(31)33)12-17-8-9-29(2)27-17/h3-11,32H,12-13H2,1-2H3,(H2,24,26). The largest absolute Gasteiger partial charge is 0.390 e. The third-order valence-electron chi connectivity index (χ3n) is 5.34. The van der Waals surface area contributed by atoms with Gasteiger partial charge in [0.05, 0.1) is 35.8 Å². The summed E-state index contributed by atoms with van der Waals surface area (Å²) in [6.45, 7) is 1.83. The van der Waals surface area contributed by atoms with Gasteiger partial charge in [-0.2, -0.15) is 5.10 Å². The normalized spacial score (nSPS) is 11.4. The van der Waals surface area contributed by atoms with Crippen LogP contribution in [0.15, 0.2) is 59.5 Å². The minimum absolute atomic E-state index is 0.0398. The van der Waals surface area contributed by atoms with E-state index in [9.17, 15) is 9.90 Å². The number of benzene rings is 1. The predicted octanol–water partition coefficient (Wildman–Crippen LogP) is 1.78. The molecule has 0 atom stereocenters. The number of aliphatic hydroxyl groups is 1. The van der Waals surface area contributed by atoms with Gasteiger partial charge in [-0.05, 0) is 30.7 Å². The molecule has 0 bridgehead atoms. The van der Waals surface area contributed by atoms with E-state index in [-0.39, 0.29) is 19.1 Å². The highest BCUT2D eigenvalue weighted by Crippen LogP contribution is 2.34. The second kappa shape index (κ2) is 7.99. The van der Waals surface area contributed by atoms with Gasteiger partial charge in [0.2, 0.25) is 5.95 Å². The van der Waals surface area contributed by atoms with Gasteiger partial charge in [0.25, 0.3) is 0 Å². The van der Waals surface area contributed by atoms with Gasteiger partial charge in [-0.15, -0.1) is 5.10 Å². The van der Waals surface area contributed by atoms with Crippen molar-refractivity contribution in [3.8, 4) is 22.4 Å². The molecule has 3 N–H and O–H groups in total. The molecule has 33 heavy (non-hydrogen) atoms. The van der Waals surface area contributed by atoms with E-state index < -0.39 is 5.69 Å². The Labute approximate surface area is 188 Å². The molecule has 5 aromatic rings. The van der Waals surface area contributed by atoms with Crippen LogP contribution in [0.5, 0.6) is 0 Å². The predicted molar refractivity (Wildman–Crippen MR) is 123 cm³/mol. The minimum atomic E-state index is -0.408. The lowest BCUT2D eigenvalue weighted by atomic mass is 9.99. The molecule has 0 unspecified atom stereocenters. The van der Waals surface area contributed by atoms with Gasteiger partial charge in [0.15, 0.2) is 5.65 Å². The zero-order chi connectivity index (χ0) is 23.1. The highest BCUT2D eigenvalue weighted by atomic mass is 16.3. The van der Waals surface area contributed by atoms with Crippen LogP contribution in [0, 0.1) is 6.92 Å². The molecule has 0 saturated carbocycles. The average Bonchev–Trinajstić information content (AvgIpc) is 3.36. The number of nitrogens with zero attached hydrogens (tertiary/aromatic N) is 7. The molecule has 4 aromatic heterocycles. The van der Waals surface area contributed by atoms with Crippen molar-refractivity contribution in [3.63, 3.8) is 0 Å². The van der Waals surface area contributed by atoms with Crippen molar-refractivity contribution in [2.45, 2.75) is 20.1 Å². The fourth-order valence-corrected chi connectivity index (χ4v) is 3.94. The van der Waals surface area contributed by atoms with Gasteiger partial charge in [-0.3, -0.25) is 9.67 Å². The van der Waals surface area contributed by atoms with E-state index in [1.54, 1.807) is 16.9 Å². The number of aliphatic hydroxyl groups excluding tert-OH is 1. The Bertz CT molecular complexity index is 1530. The molecule has 0 fully saturated rings. The van der Waals surface area contributed by atoms with Gasteiger partial charge in [0, 0.05) is 24.5 Å². The van der Waals surface area contributed by atoms with Gasteiger partial charge >= 0.3 is 5.69 Å². The average molecular weight is 442 g/mol. The van der Waals surface area contributed by atoms with Crippen molar-refractivity contribution in [1.29, 1.82) is 0 Å². The van der Waals surface area contributed by atoms with E-state index in [0.717, 1.165) is 16.8 Å². The summed E-state index contributed by atoms with van der Waals surface area (Å²) in [4.78, 5) is 22.2. The van der Waals surface area contributed by atoms with E-state index >= 15 is 0 Å². The topological polar surface area (TPSA) is 129 Å². The first-order valence-corrected chi connectivity index (χ1v) is 10.4. The van der Waals surface area contributed by atoms with Crippen molar-refractivity contribution >= 4 is 11.6 Å². The quantitative estimate of drug-likeness (QED) is 0.424. The number of anilines is 1. The number of fused-ring (bicyclic) bond motifs is 1. The first-order valence-electron chi connectivity index (χ1n) is 10.4. The maximum absolute atomic E-state index is 13.2. The maximum atomic E-state index is 13.2. The third kappa shape index (κ3) is 3.66. The van der Waals surface area contributed by atoms with E-state index in [1.165, 1.54) is 9.08 Å². The van der Waals surface area contributed by atoms with E-state index in [0.29, 0.717) is 28.3 Å². The Morgan fingerprint density at radius 3 is 2.48 bits per heavy atom. The molecule has 0 radical (unpaired) electrons. The molecule has 0 amide bonds. The molecule has 0 aliphatic carbocycles. The summed E-state index contributed by atoms with van der Waals surface area (Å²) in [6, 6.07) is 15.0. The molecular weight excluding hydrogens is 420 g/mol. The molecular formula is C23H22N8O2. The molecule has 10 heteroatoms. The van der Waals surface area contributed by atoms with Crippen LogP contribution in [0.25, 0.3) is 28.0 Å². The zero-order valence-corrected chi connectivity index (χ0v) is 18.2. The Morgan fingerprint density at radius 1 is 1.00 bits per heavy atom. The lowest BCUT2D eigenvalue weighted by Crippen LogP contribution is -2.24. The summed E-state index contributed by atoms with van der Waals surface area (Å²) in [5.74, 6) is 0.0398. The minimum Gasteiger partial charge on any atom is -0.390 e. The van der Waals surface area contributed by atoms with E-state index in [4.69, 9.17) is 5.73 Å². The highest BCUT2D eigenvalue weighted by molar-refractivity contribution is 5.90. The van der Waals surface area contributed by atoms with Crippen LogP contribution in [0.1, 0.15) is 17.1 Å². The number of rotatable bonds is 5. The number of nitrogen functional groups attached to an aromatic ring is 1. The molecule has 0 spiro atoms. The van der Waals surface area contributed by atoms with Crippen LogP contribution in [0.2, 0.25) is 0 Å². The van der Waals surface area contributed by atoms with Crippen LogP contribution < -0.4 is 11.4 Å². The monoisotopic (exact) mass is 442 g/mol. The van der Waals surface area contributed by atoms with Gasteiger partial charge < -0.3 is 10.8 Å². The Kier molecular flexibility index (Phi) is 4.98. The molecule has 10 nitrogen and oxygen atoms in total.